The second-order valence-corrected chi connectivity index (χ2v) is 6.31. The van der Waals surface area contributed by atoms with Crippen molar-refractivity contribution in [1.29, 1.82) is 0 Å². The highest BCUT2D eigenvalue weighted by Gasteiger charge is 2.32. The molecule has 1 aliphatic carbocycles. The maximum absolute atomic E-state index is 11.8. The molecule has 0 radical (unpaired) electrons. The SMILES string of the molecule is CCCCCCCCCC(=O)NCC1CCCC1C(=O)O. The van der Waals surface area contributed by atoms with E-state index in [1.807, 2.05) is 0 Å². The van der Waals surface area contributed by atoms with Gasteiger partial charge in [-0.1, -0.05) is 51.9 Å². The average Bonchev–Trinajstić information content (AvgIpc) is 2.93. The van der Waals surface area contributed by atoms with E-state index in [1.54, 1.807) is 0 Å². The summed E-state index contributed by atoms with van der Waals surface area (Å²) in [5.74, 6) is -0.761. The van der Waals surface area contributed by atoms with Crippen LogP contribution >= 0.6 is 0 Å². The van der Waals surface area contributed by atoms with Gasteiger partial charge in [0.1, 0.15) is 0 Å². The molecule has 1 aliphatic rings. The molecule has 1 amide bonds. The van der Waals surface area contributed by atoms with Crippen LogP contribution in [0.15, 0.2) is 0 Å². The van der Waals surface area contributed by atoms with Crippen LogP contribution in [-0.4, -0.2) is 23.5 Å². The molecule has 1 fully saturated rings. The summed E-state index contributed by atoms with van der Waals surface area (Å²) in [4.78, 5) is 22.8. The number of hydrogen-bond donors (Lipinski definition) is 2. The lowest BCUT2D eigenvalue weighted by Crippen LogP contribution is -2.32. The lowest BCUT2D eigenvalue weighted by molar-refractivity contribution is -0.143. The van der Waals surface area contributed by atoms with Gasteiger partial charge in [0.05, 0.1) is 5.92 Å². The fraction of sp³-hybridized carbons (Fsp3) is 0.882. The van der Waals surface area contributed by atoms with E-state index < -0.39 is 5.97 Å². The van der Waals surface area contributed by atoms with Crippen molar-refractivity contribution in [1.82, 2.24) is 5.32 Å². The Kier molecular flexibility index (Phi) is 9.11. The minimum absolute atomic E-state index is 0.0830. The molecule has 21 heavy (non-hydrogen) atoms. The van der Waals surface area contributed by atoms with Crippen molar-refractivity contribution in [3.05, 3.63) is 0 Å². The number of carboxylic acid groups (broad SMARTS) is 1. The molecular weight excluding hydrogens is 266 g/mol. The highest BCUT2D eigenvalue weighted by Crippen LogP contribution is 2.31. The molecule has 1 rings (SSSR count). The molecule has 0 saturated heterocycles. The zero-order valence-corrected chi connectivity index (χ0v) is 13.4. The lowest BCUT2D eigenvalue weighted by atomic mass is 9.96. The predicted octanol–water partition coefficient (Wildman–Crippen LogP) is 3.74. The second-order valence-electron chi connectivity index (χ2n) is 6.31. The number of amides is 1. The Balaban J connectivity index is 2.02. The fourth-order valence-corrected chi connectivity index (χ4v) is 3.18. The Morgan fingerprint density at radius 3 is 2.38 bits per heavy atom. The van der Waals surface area contributed by atoms with Crippen LogP contribution in [0.3, 0.4) is 0 Å². The molecule has 0 aliphatic heterocycles. The monoisotopic (exact) mass is 297 g/mol. The molecule has 4 nitrogen and oxygen atoms in total. The van der Waals surface area contributed by atoms with Crippen molar-refractivity contribution in [2.75, 3.05) is 6.54 Å². The largest absolute Gasteiger partial charge is 0.481 e. The summed E-state index contributed by atoms with van der Waals surface area (Å²) in [6, 6.07) is 0. The van der Waals surface area contributed by atoms with E-state index in [2.05, 4.69) is 12.2 Å². The van der Waals surface area contributed by atoms with Crippen molar-refractivity contribution in [2.45, 2.75) is 77.6 Å². The molecule has 0 aromatic heterocycles. The van der Waals surface area contributed by atoms with E-state index >= 15 is 0 Å². The first-order chi connectivity index (χ1) is 10.1. The van der Waals surface area contributed by atoms with Gasteiger partial charge >= 0.3 is 5.97 Å². The lowest BCUT2D eigenvalue weighted by Gasteiger charge is -2.16. The molecule has 0 heterocycles. The summed E-state index contributed by atoms with van der Waals surface area (Å²) >= 11 is 0. The Hall–Kier alpha value is -1.06. The van der Waals surface area contributed by atoms with Crippen molar-refractivity contribution in [3.63, 3.8) is 0 Å². The van der Waals surface area contributed by atoms with Crippen LogP contribution in [0.4, 0.5) is 0 Å². The van der Waals surface area contributed by atoms with Crippen LogP contribution in [0.25, 0.3) is 0 Å². The van der Waals surface area contributed by atoms with Crippen LogP contribution in [-0.2, 0) is 9.59 Å². The summed E-state index contributed by atoms with van der Waals surface area (Å²) in [6.07, 6.45) is 11.7. The molecule has 2 atom stereocenters. The number of rotatable bonds is 11. The van der Waals surface area contributed by atoms with E-state index in [1.165, 1.54) is 32.1 Å². The minimum atomic E-state index is -0.709. The summed E-state index contributed by atoms with van der Waals surface area (Å²) < 4.78 is 0. The van der Waals surface area contributed by atoms with E-state index in [9.17, 15) is 9.59 Å². The van der Waals surface area contributed by atoms with Crippen molar-refractivity contribution in [3.8, 4) is 0 Å². The number of carbonyl (C=O) groups excluding carboxylic acids is 1. The topological polar surface area (TPSA) is 66.4 Å². The zero-order chi connectivity index (χ0) is 15.5. The maximum Gasteiger partial charge on any atom is 0.306 e. The molecule has 2 unspecified atom stereocenters. The number of unbranched alkanes of at least 4 members (excludes halogenated alkanes) is 6. The first-order valence-electron chi connectivity index (χ1n) is 8.64. The summed E-state index contributed by atoms with van der Waals surface area (Å²) in [7, 11) is 0. The molecule has 2 N–H and O–H groups in total. The Morgan fingerprint density at radius 2 is 1.71 bits per heavy atom. The molecular formula is C17H31NO3. The summed E-state index contributed by atoms with van der Waals surface area (Å²) in [5, 5.41) is 12.0. The number of aliphatic carboxylic acids is 1. The van der Waals surface area contributed by atoms with Crippen molar-refractivity contribution in [2.24, 2.45) is 11.8 Å². The van der Waals surface area contributed by atoms with Gasteiger partial charge in [0.25, 0.3) is 0 Å². The molecule has 0 aromatic carbocycles. The van der Waals surface area contributed by atoms with Gasteiger partial charge in [-0.05, 0) is 25.2 Å². The standard InChI is InChI=1S/C17H31NO3/c1-2-3-4-5-6-7-8-12-16(19)18-13-14-10-9-11-15(14)17(20)21/h14-15H,2-13H2,1H3,(H,18,19)(H,20,21). The second kappa shape index (κ2) is 10.6. The minimum Gasteiger partial charge on any atom is -0.481 e. The normalized spacial score (nSPS) is 21.4. The molecule has 4 heteroatoms. The third-order valence-corrected chi connectivity index (χ3v) is 4.55. The first-order valence-corrected chi connectivity index (χ1v) is 8.64. The van der Waals surface area contributed by atoms with Crippen molar-refractivity contribution < 1.29 is 14.7 Å². The predicted molar refractivity (Wildman–Crippen MR) is 84.1 cm³/mol. The van der Waals surface area contributed by atoms with Gasteiger partial charge in [-0.3, -0.25) is 9.59 Å². The highest BCUT2D eigenvalue weighted by molar-refractivity contribution is 5.76. The van der Waals surface area contributed by atoms with Gasteiger partial charge in [-0.15, -0.1) is 0 Å². The van der Waals surface area contributed by atoms with Crippen LogP contribution < -0.4 is 5.32 Å². The third-order valence-electron chi connectivity index (χ3n) is 4.55. The summed E-state index contributed by atoms with van der Waals surface area (Å²) in [5.41, 5.74) is 0. The smallest absolute Gasteiger partial charge is 0.306 e. The van der Waals surface area contributed by atoms with Crippen LogP contribution in [0.5, 0.6) is 0 Å². The molecule has 0 bridgehead atoms. The molecule has 122 valence electrons. The van der Waals surface area contributed by atoms with Gasteiger partial charge < -0.3 is 10.4 Å². The maximum atomic E-state index is 11.8. The highest BCUT2D eigenvalue weighted by atomic mass is 16.4. The van der Waals surface area contributed by atoms with Gasteiger partial charge in [-0.2, -0.15) is 0 Å². The van der Waals surface area contributed by atoms with Gasteiger partial charge in [0.2, 0.25) is 5.91 Å². The van der Waals surface area contributed by atoms with Crippen LogP contribution in [0.2, 0.25) is 0 Å². The Morgan fingerprint density at radius 1 is 1.05 bits per heavy atom. The van der Waals surface area contributed by atoms with Gasteiger partial charge in [0, 0.05) is 13.0 Å². The van der Waals surface area contributed by atoms with Crippen LogP contribution in [0.1, 0.15) is 77.6 Å². The number of carbonyl (C=O) groups is 2. The van der Waals surface area contributed by atoms with E-state index in [4.69, 9.17) is 5.11 Å². The Labute approximate surface area is 128 Å². The molecule has 0 aromatic rings. The molecule has 1 saturated carbocycles. The Bertz CT molecular complexity index is 317. The van der Waals surface area contributed by atoms with Gasteiger partial charge in [0.15, 0.2) is 0 Å². The van der Waals surface area contributed by atoms with Gasteiger partial charge in [-0.25, -0.2) is 0 Å². The van der Waals surface area contributed by atoms with E-state index in [0.717, 1.165) is 32.1 Å². The third kappa shape index (κ3) is 7.49. The number of carboxylic acids is 1. The zero-order valence-electron chi connectivity index (χ0n) is 13.4. The van der Waals surface area contributed by atoms with Crippen molar-refractivity contribution >= 4 is 11.9 Å². The number of nitrogens with one attached hydrogen (secondary N) is 1. The first kappa shape index (κ1) is 18.0. The van der Waals surface area contributed by atoms with E-state index in [-0.39, 0.29) is 17.7 Å². The number of hydrogen-bond acceptors (Lipinski definition) is 2. The average molecular weight is 297 g/mol. The quantitative estimate of drug-likeness (QED) is 0.571. The molecule has 0 spiro atoms. The van der Waals surface area contributed by atoms with Crippen LogP contribution in [0, 0.1) is 11.8 Å². The fourth-order valence-electron chi connectivity index (χ4n) is 3.18. The van der Waals surface area contributed by atoms with E-state index in [0.29, 0.717) is 13.0 Å². The summed E-state index contributed by atoms with van der Waals surface area (Å²) in [6.45, 7) is 2.75.